The van der Waals surface area contributed by atoms with E-state index in [0.29, 0.717) is 42.1 Å². The summed E-state index contributed by atoms with van der Waals surface area (Å²) in [6.45, 7) is 4.80. The summed E-state index contributed by atoms with van der Waals surface area (Å²) in [4.78, 5) is 0. The molecule has 1 aliphatic rings. The zero-order valence-corrected chi connectivity index (χ0v) is 19.2. The molecule has 0 fully saturated rings. The Balaban J connectivity index is 1.88. The quantitative estimate of drug-likeness (QED) is 0.417. The zero-order valence-electron chi connectivity index (χ0n) is 19.2. The molecule has 6 nitrogen and oxygen atoms in total. The number of aromatic nitrogens is 2. The molecule has 182 valence electrons. The van der Waals surface area contributed by atoms with Crippen LogP contribution in [0.15, 0.2) is 18.2 Å². The molecule has 0 saturated heterocycles. The van der Waals surface area contributed by atoms with Gasteiger partial charge in [0.1, 0.15) is 23.0 Å². The van der Waals surface area contributed by atoms with Crippen LogP contribution in [0.5, 0.6) is 11.5 Å². The fraction of sp³-hybridized carbons (Fsp3) is 0.583. The average Bonchev–Trinajstić information content (AvgIpc) is 2.83. The van der Waals surface area contributed by atoms with Crippen molar-refractivity contribution < 1.29 is 27.8 Å². The predicted molar refractivity (Wildman–Crippen MR) is 120 cm³/mol. The summed E-state index contributed by atoms with van der Waals surface area (Å²) in [6.07, 6.45) is 3.31. The van der Waals surface area contributed by atoms with Gasteiger partial charge in [-0.3, -0.25) is 0 Å². The van der Waals surface area contributed by atoms with E-state index in [4.69, 9.17) is 4.74 Å². The van der Waals surface area contributed by atoms with E-state index >= 15 is 0 Å². The van der Waals surface area contributed by atoms with E-state index < -0.39 is 12.1 Å². The van der Waals surface area contributed by atoms with E-state index in [1.54, 1.807) is 0 Å². The van der Waals surface area contributed by atoms with Crippen LogP contribution >= 0.6 is 0 Å². The second kappa shape index (κ2) is 11.5. The standard InChI is InChI=1S/C24H32F3N3O3/c1-3-5-6-7-10-18(4-2)28-21-13-16-9-8-11-32-15-17-12-19(33-24(25,26)27)14-20(31)22(17)23(16)30-29-21/h12-14,18,31H,3-11,15H2,1-2H3,(H,28,29). The molecule has 1 aromatic carbocycles. The topological polar surface area (TPSA) is 76.5 Å². The van der Waals surface area contributed by atoms with Gasteiger partial charge >= 0.3 is 6.36 Å². The SMILES string of the molecule is CCCCCCC(CC)Nc1cc2c(nn1)-c1c(O)cc(OC(F)(F)F)cc1COCCC2. The third-order valence-electron chi connectivity index (χ3n) is 5.76. The maximum absolute atomic E-state index is 12.7. The van der Waals surface area contributed by atoms with Gasteiger partial charge in [-0.1, -0.05) is 39.5 Å². The van der Waals surface area contributed by atoms with Crippen LogP contribution < -0.4 is 10.1 Å². The highest BCUT2D eigenvalue weighted by Crippen LogP contribution is 2.40. The molecule has 0 spiro atoms. The average molecular weight is 468 g/mol. The maximum Gasteiger partial charge on any atom is 0.573 e. The number of hydrogen-bond donors (Lipinski definition) is 2. The molecule has 1 unspecified atom stereocenters. The number of halogens is 3. The van der Waals surface area contributed by atoms with Crippen molar-refractivity contribution in [1.82, 2.24) is 10.2 Å². The highest BCUT2D eigenvalue weighted by atomic mass is 19.4. The minimum Gasteiger partial charge on any atom is -0.507 e. The number of nitrogens with one attached hydrogen (secondary N) is 1. The van der Waals surface area contributed by atoms with Crippen molar-refractivity contribution in [3.8, 4) is 22.8 Å². The molecule has 2 aromatic rings. The maximum atomic E-state index is 12.7. The Kier molecular flexibility index (Phi) is 8.77. The Bertz CT molecular complexity index is 922. The number of nitrogens with zero attached hydrogens (tertiary/aromatic N) is 2. The number of alkyl halides is 3. The summed E-state index contributed by atoms with van der Waals surface area (Å²) in [6, 6.07) is 4.39. The van der Waals surface area contributed by atoms with Crippen molar-refractivity contribution in [2.24, 2.45) is 0 Å². The van der Waals surface area contributed by atoms with Crippen molar-refractivity contribution in [2.45, 2.75) is 84.2 Å². The first-order valence-electron chi connectivity index (χ1n) is 11.6. The number of unbranched alkanes of at least 4 members (excludes halogenated alkanes) is 3. The third-order valence-corrected chi connectivity index (χ3v) is 5.76. The molecular formula is C24H32F3N3O3. The van der Waals surface area contributed by atoms with Crippen LogP contribution in [0.1, 0.15) is 69.9 Å². The van der Waals surface area contributed by atoms with Gasteiger partial charge in [-0.15, -0.1) is 23.4 Å². The first-order chi connectivity index (χ1) is 15.8. The second-order valence-electron chi connectivity index (χ2n) is 8.38. The molecular weight excluding hydrogens is 435 g/mol. The van der Waals surface area contributed by atoms with E-state index in [0.717, 1.165) is 30.9 Å². The second-order valence-corrected chi connectivity index (χ2v) is 8.38. The molecule has 1 aromatic heterocycles. The van der Waals surface area contributed by atoms with Crippen molar-refractivity contribution in [3.63, 3.8) is 0 Å². The number of hydrogen-bond acceptors (Lipinski definition) is 6. The fourth-order valence-corrected chi connectivity index (χ4v) is 4.09. The van der Waals surface area contributed by atoms with Crippen molar-refractivity contribution in [1.29, 1.82) is 0 Å². The van der Waals surface area contributed by atoms with E-state index in [9.17, 15) is 18.3 Å². The van der Waals surface area contributed by atoms with E-state index in [1.165, 1.54) is 25.3 Å². The number of aryl methyl sites for hydroxylation is 1. The van der Waals surface area contributed by atoms with Crippen molar-refractivity contribution in [3.05, 3.63) is 29.3 Å². The normalized spacial score (nSPS) is 14.9. The molecule has 33 heavy (non-hydrogen) atoms. The van der Waals surface area contributed by atoms with Gasteiger partial charge < -0.3 is 19.9 Å². The monoisotopic (exact) mass is 467 g/mol. The summed E-state index contributed by atoms with van der Waals surface area (Å²) in [5, 5.41) is 22.8. The molecule has 0 amide bonds. The molecule has 0 aliphatic carbocycles. The number of anilines is 1. The minimum absolute atomic E-state index is 0.0364. The Hall–Kier alpha value is -2.55. The Morgan fingerprint density at radius 1 is 1.12 bits per heavy atom. The molecule has 2 N–H and O–H groups in total. The third kappa shape index (κ3) is 7.22. The van der Waals surface area contributed by atoms with E-state index in [-0.39, 0.29) is 18.4 Å². The zero-order chi connectivity index (χ0) is 23.8. The number of rotatable bonds is 9. The molecule has 0 radical (unpaired) electrons. The van der Waals surface area contributed by atoms with Gasteiger partial charge in [0.05, 0.1) is 6.61 Å². The Morgan fingerprint density at radius 2 is 1.94 bits per heavy atom. The Morgan fingerprint density at radius 3 is 2.67 bits per heavy atom. The molecule has 2 heterocycles. The van der Waals surface area contributed by atoms with Gasteiger partial charge in [0, 0.05) is 24.3 Å². The predicted octanol–water partition coefficient (Wildman–Crippen LogP) is 6.37. The highest BCUT2D eigenvalue weighted by molar-refractivity contribution is 5.75. The van der Waals surface area contributed by atoms with Crippen LogP contribution in [0.2, 0.25) is 0 Å². The minimum atomic E-state index is -4.86. The molecule has 9 heteroatoms. The highest BCUT2D eigenvalue weighted by Gasteiger charge is 2.32. The number of benzene rings is 1. The van der Waals surface area contributed by atoms with Gasteiger partial charge in [-0.05, 0) is 48.9 Å². The van der Waals surface area contributed by atoms with Crippen LogP contribution in [0.25, 0.3) is 11.3 Å². The Labute approximate surface area is 192 Å². The van der Waals surface area contributed by atoms with Crippen molar-refractivity contribution in [2.75, 3.05) is 11.9 Å². The lowest BCUT2D eigenvalue weighted by atomic mass is 9.97. The van der Waals surface area contributed by atoms with Gasteiger partial charge in [0.25, 0.3) is 0 Å². The van der Waals surface area contributed by atoms with Crippen LogP contribution in [-0.2, 0) is 17.8 Å². The van der Waals surface area contributed by atoms with Gasteiger partial charge in [0.15, 0.2) is 0 Å². The first-order valence-corrected chi connectivity index (χ1v) is 11.6. The van der Waals surface area contributed by atoms with Crippen molar-refractivity contribution >= 4 is 5.82 Å². The molecule has 0 saturated carbocycles. The van der Waals surface area contributed by atoms with Crippen LogP contribution in [-0.4, -0.2) is 34.3 Å². The van der Waals surface area contributed by atoms with E-state index in [1.807, 2.05) is 6.07 Å². The lowest BCUT2D eigenvalue weighted by molar-refractivity contribution is -0.274. The van der Waals surface area contributed by atoms with Gasteiger partial charge in [-0.25, -0.2) is 0 Å². The first kappa shape index (κ1) is 25.1. The summed E-state index contributed by atoms with van der Waals surface area (Å²) >= 11 is 0. The molecule has 1 aliphatic heterocycles. The summed E-state index contributed by atoms with van der Waals surface area (Å²) < 4.78 is 47.7. The largest absolute Gasteiger partial charge is 0.573 e. The number of phenols is 1. The van der Waals surface area contributed by atoms with Gasteiger partial charge in [-0.2, -0.15) is 0 Å². The van der Waals surface area contributed by atoms with Crippen LogP contribution in [0.4, 0.5) is 19.0 Å². The lowest BCUT2D eigenvalue weighted by Gasteiger charge is -2.19. The number of aromatic hydroxyl groups is 1. The number of ether oxygens (including phenoxy) is 2. The fourth-order valence-electron chi connectivity index (χ4n) is 4.09. The smallest absolute Gasteiger partial charge is 0.507 e. The lowest BCUT2D eigenvalue weighted by Crippen LogP contribution is -2.20. The summed E-state index contributed by atoms with van der Waals surface area (Å²) in [5.74, 6) is -0.187. The van der Waals surface area contributed by atoms with Gasteiger partial charge in [0.2, 0.25) is 0 Å². The number of fused-ring (bicyclic) bond motifs is 3. The number of phenolic OH excluding ortho intramolecular Hbond substituents is 1. The summed E-state index contributed by atoms with van der Waals surface area (Å²) in [5.41, 5.74) is 2.01. The molecule has 0 bridgehead atoms. The molecule has 1 atom stereocenters. The molecule has 3 rings (SSSR count). The van der Waals surface area contributed by atoms with Crippen LogP contribution in [0.3, 0.4) is 0 Å². The van der Waals surface area contributed by atoms with Crippen LogP contribution in [0, 0.1) is 0 Å². The summed E-state index contributed by atoms with van der Waals surface area (Å²) in [7, 11) is 0. The van der Waals surface area contributed by atoms with E-state index in [2.05, 4.69) is 34.1 Å².